The maximum Gasteiger partial charge on any atom is 0.308 e. The summed E-state index contributed by atoms with van der Waals surface area (Å²) in [5, 5.41) is 31.6. The van der Waals surface area contributed by atoms with Crippen LogP contribution in [0, 0.1) is 17.8 Å². The first kappa shape index (κ1) is 32.0. The second-order valence-electron chi connectivity index (χ2n) is 11.1. The highest BCUT2D eigenvalue weighted by Crippen LogP contribution is 2.32. The molecule has 0 saturated carbocycles. The first-order valence-electron chi connectivity index (χ1n) is 13.5. The summed E-state index contributed by atoms with van der Waals surface area (Å²) in [6.07, 6.45) is 7.20. The molecule has 3 N–H and O–H groups in total. The number of aliphatic hydroxyl groups excluding tert-OH is 1. The van der Waals surface area contributed by atoms with Crippen LogP contribution in [0.1, 0.15) is 74.1 Å². The van der Waals surface area contributed by atoms with Crippen LogP contribution in [0.2, 0.25) is 0 Å². The standard InChI is InChI=1S/C30H46O8/c1-9-22-14-25(38-26(15-22)21(6)29(33)34)18(3)16-30(7,35)11-10-24(36-8)20(5)28(32)17(2)12-27-23(31)13-19(4)37-27/h12-14,16-17,20-21,24-26,28,32,35H,9-11,15H2,1-8H3,(H,33,34)/b18-16+,27-12-. The topological polar surface area (TPSA) is 123 Å². The highest BCUT2D eigenvalue weighted by molar-refractivity contribution is 6.04. The van der Waals surface area contributed by atoms with Crippen molar-refractivity contribution < 1.29 is 39.1 Å². The summed E-state index contributed by atoms with van der Waals surface area (Å²) in [4.78, 5) is 23.5. The Hall–Kier alpha value is -2.26. The molecule has 0 radical (unpaired) electrons. The fourth-order valence-corrected chi connectivity index (χ4v) is 5.11. The molecule has 0 aromatic carbocycles. The number of allylic oxidation sites excluding steroid dienone is 2. The number of carbonyl (C=O) groups excluding carboxylic acids is 1. The Kier molecular flexibility index (Phi) is 11.5. The summed E-state index contributed by atoms with van der Waals surface area (Å²) in [7, 11) is 1.58. The van der Waals surface area contributed by atoms with E-state index < -0.39 is 35.8 Å². The van der Waals surface area contributed by atoms with Crippen LogP contribution in [-0.2, 0) is 23.8 Å². The summed E-state index contributed by atoms with van der Waals surface area (Å²) in [6, 6.07) is 0. The van der Waals surface area contributed by atoms with E-state index in [0.717, 1.165) is 17.6 Å². The Labute approximate surface area is 227 Å². The van der Waals surface area contributed by atoms with Crippen molar-refractivity contribution in [3.8, 4) is 0 Å². The number of hydrogen-bond donors (Lipinski definition) is 3. The average molecular weight is 535 g/mol. The van der Waals surface area contributed by atoms with E-state index in [9.17, 15) is 24.9 Å². The molecule has 8 heteroatoms. The Bertz CT molecular complexity index is 973. The summed E-state index contributed by atoms with van der Waals surface area (Å²) >= 11 is 0. The molecule has 8 atom stereocenters. The lowest BCUT2D eigenvalue weighted by Gasteiger charge is -2.34. The SMILES string of the molecule is CCC1=CC(/C(C)=C/C(C)(O)CCC(OC)C(C)C(O)C(C)/C=C2\OC(C)=CC2=O)OC(C(C)C(=O)O)C1. The number of carboxylic acids is 1. The van der Waals surface area contributed by atoms with Gasteiger partial charge in [0.25, 0.3) is 0 Å². The monoisotopic (exact) mass is 534 g/mol. The molecule has 2 aliphatic rings. The molecule has 38 heavy (non-hydrogen) atoms. The van der Waals surface area contributed by atoms with Crippen LogP contribution in [0.15, 0.2) is 47.0 Å². The molecule has 2 aliphatic heterocycles. The normalized spacial score (nSPS) is 27.1. The molecule has 214 valence electrons. The van der Waals surface area contributed by atoms with Crippen molar-refractivity contribution in [1.82, 2.24) is 0 Å². The number of aliphatic carboxylic acids is 1. The Morgan fingerprint density at radius 3 is 2.50 bits per heavy atom. The molecule has 0 bridgehead atoms. The molecule has 0 amide bonds. The Morgan fingerprint density at radius 2 is 1.97 bits per heavy atom. The zero-order valence-corrected chi connectivity index (χ0v) is 24.1. The largest absolute Gasteiger partial charge is 0.481 e. The minimum atomic E-state index is -1.17. The molecular formula is C30H46O8. The highest BCUT2D eigenvalue weighted by Gasteiger charge is 2.33. The van der Waals surface area contributed by atoms with Gasteiger partial charge in [0, 0.05) is 25.0 Å². The van der Waals surface area contributed by atoms with Crippen molar-refractivity contribution in [2.75, 3.05) is 7.11 Å². The molecule has 2 rings (SSSR count). The van der Waals surface area contributed by atoms with Gasteiger partial charge in [0.2, 0.25) is 5.78 Å². The van der Waals surface area contributed by atoms with Gasteiger partial charge in [0.05, 0.1) is 35.9 Å². The van der Waals surface area contributed by atoms with E-state index >= 15 is 0 Å². The summed E-state index contributed by atoms with van der Waals surface area (Å²) in [5.41, 5.74) is 0.797. The van der Waals surface area contributed by atoms with Crippen LogP contribution in [0.5, 0.6) is 0 Å². The lowest BCUT2D eigenvalue weighted by Crippen LogP contribution is -2.37. The number of carbonyl (C=O) groups is 2. The average Bonchev–Trinajstić information content (AvgIpc) is 3.18. The quantitative estimate of drug-likeness (QED) is 0.229. The summed E-state index contributed by atoms with van der Waals surface area (Å²) in [6.45, 7) is 12.7. The molecular weight excluding hydrogens is 488 g/mol. The molecule has 0 spiro atoms. The number of methoxy groups -OCH3 is 1. The lowest BCUT2D eigenvalue weighted by atomic mass is 9.84. The molecule has 0 aromatic rings. The van der Waals surface area contributed by atoms with Gasteiger partial charge < -0.3 is 29.5 Å². The number of aliphatic hydroxyl groups is 2. The predicted molar refractivity (Wildman–Crippen MR) is 145 cm³/mol. The van der Waals surface area contributed by atoms with Gasteiger partial charge in [-0.3, -0.25) is 9.59 Å². The van der Waals surface area contributed by atoms with Gasteiger partial charge in [-0.15, -0.1) is 0 Å². The van der Waals surface area contributed by atoms with Crippen molar-refractivity contribution in [3.63, 3.8) is 0 Å². The number of hydrogen-bond acceptors (Lipinski definition) is 7. The minimum absolute atomic E-state index is 0.206. The molecule has 2 heterocycles. The van der Waals surface area contributed by atoms with E-state index in [2.05, 4.69) is 0 Å². The van der Waals surface area contributed by atoms with Gasteiger partial charge in [-0.25, -0.2) is 0 Å². The van der Waals surface area contributed by atoms with Crippen LogP contribution in [0.4, 0.5) is 0 Å². The van der Waals surface area contributed by atoms with Gasteiger partial charge in [-0.1, -0.05) is 38.5 Å². The molecule has 0 fully saturated rings. The number of ether oxygens (including phenoxy) is 3. The van der Waals surface area contributed by atoms with Gasteiger partial charge in [0.1, 0.15) is 5.76 Å². The van der Waals surface area contributed by atoms with Crippen molar-refractivity contribution in [2.45, 2.75) is 104 Å². The Balaban J connectivity index is 2.05. The fourth-order valence-electron chi connectivity index (χ4n) is 5.11. The van der Waals surface area contributed by atoms with E-state index in [1.165, 1.54) is 6.08 Å². The van der Waals surface area contributed by atoms with Crippen LogP contribution in [-0.4, -0.2) is 64.2 Å². The second kappa shape index (κ2) is 13.7. The van der Waals surface area contributed by atoms with E-state index in [1.54, 1.807) is 40.0 Å². The van der Waals surface area contributed by atoms with Crippen molar-refractivity contribution in [3.05, 3.63) is 47.0 Å². The number of carboxylic acid groups (broad SMARTS) is 1. The lowest BCUT2D eigenvalue weighted by molar-refractivity contribution is -0.147. The van der Waals surface area contributed by atoms with E-state index in [4.69, 9.17) is 14.2 Å². The van der Waals surface area contributed by atoms with Crippen molar-refractivity contribution in [1.29, 1.82) is 0 Å². The van der Waals surface area contributed by atoms with Gasteiger partial charge in [-0.05, 0) is 65.0 Å². The van der Waals surface area contributed by atoms with Gasteiger partial charge in [-0.2, -0.15) is 0 Å². The maximum absolute atomic E-state index is 12.0. The zero-order valence-electron chi connectivity index (χ0n) is 24.1. The second-order valence-corrected chi connectivity index (χ2v) is 11.1. The first-order chi connectivity index (χ1) is 17.7. The molecule has 8 nitrogen and oxygen atoms in total. The van der Waals surface area contributed by atoms with E-state index in [-0.39, 0.29) is 29.5 Å². The van der Waals surface area contributed by atoms with Gasteiger partial charge >= 0.3 is 5.97 Å². The Morgan fingerprint density at radius 1 is 1.32 bits per heavy atom. The van der Waals surface area contributed by atoms with E-state index in [0.29, 0.717) is 25.0 Å². The molecule has 0 saturated heterocycles. The summed E-state index contributed by atoms with van der Waals surface area (Å²) in [5.74, 6) is -1.58. The predicted octanol–water partition coefficient (Wildman–Crippen LogP) is 4.71. The van der Waals surface area contributed by atoms with Crippen molar-refractivity contribution in [2.24, 2.45) is 17.8 Å². The maximum atomic E-state index is 12.0. The van der Waals surface area contributed by atoms with E-state index in [1.807, 2.05) is 33.8 Å². The van der Waals surface area contributed by atoms with Crippen molar-refractivity contribution >= 4 is 11.8 Å². The van der Waals surface area contributed by atoms with Crippen LogP contribution in [0.3, 0.4) is 0 Å². The third-order valence-corrected chi connectivity index (χ3v) is 7.72. The van der Waals surface area contributed by atoms with Gasteiger partial charge in [0.15, 0.2) is 5.76 Å². The molecule has 0 aliphatic carbocycles. The highest BCUT2D eigenvalue weighted by atomic mass is 16.5. The van der Waals surface area contributed by atoms with Crippen LogP contribution in [0.25, 0.3) is 0 Å². The number of ketones is 1. The summed E-state index contributed by atoms with van der Waals surface area (Å²) < 4.78 is 17.2. The smallest absolute Gasteiger partial charge is 0.308 e. The molecule has 0 aromatic heterocycles. The fraction of sp³-hybridized carbons (Fsp3) is 0.667. The van der Waals surface area contributed by atoms with Crippen LogP contribution < -0.4 is 0 Å². The first-order valence-corrected chi connectivity index (χ1v) is 13.5. The molecule has 8 unspecified atom stereocenters. The third-order valence-electron chi connectivity index (χ3n) is 7.72. The van der Waals surface area contributed by atoms with Crippen LogP contribution >= 0.6 is 0 Å². The number of rotatable bonds is 13. The zero-order chi connectivity index (χ0) is 28.8. The minimum Gasteiger partial charge on any atom is -0.481 e. The third kappa shape index (κ3) is 8.63.